The Morgan fingerprint density at radius 3 is 2.51 bits per heavy atom. The number of hydrogen-bond acceptors (Lipinski definition) is 7. The second kappa shape index (κ2) is 12.2. The molecule has 2 N–H and O–H groups in total. The van der Waals surface area contributed by atoms with Gasteiger partial charge in [-0.05, 0) is 49.9 Å². The molecule has 0 radical (unpaired) electrons. The molecule has 1 aliphatic rings. The number of nitro benzene ring substituents is 1. The number of rotatable bonds is 10. The first-order chi connectivity index (χ1) is 18.6. The molecule has 0 atom stereocenters. The van der Waals surface area contributed by atoms with Gasteiger partial charge in [-0.3, -0.25) is 24.7 Å². The van der Waals surface area contributed by atoms with E-state index >= 15 is 0 Å². The molecule has 1 aromatic heterocycles. The second-order valence-electron chi connectivity index (χ2n) is 9.33. The largest absolute Gasteiger partial charge is 0.423 e. The number of halogens is 3. The van der Waals surface area contributed by atoms with E-state index in [4.69, 9.17) is 4.74 Å². The van der Waals surface area contributed by atoms with E-state index in [9.17, 15) is 32.9 Å². The van der Waals surface area contributed by atoms with Crippen LogP contribution in [0.4, 0.5) is 24.5 Å². The van der Waals surface area contributed by atoms with Crippen LogP contribution in [-0.2, 0) is 26.9 Å². The quantitative estimate of drug-likeness (QED) is 0.162. The van der Waals surface area contributed by atoms with Crippen molar-refractivity contribution in [2.75, 3.05) is 18.5 Å². The number of ether oxygens (including phenoxy) is 1. The summed E-state index contributed by atoms with van der Waals surface area (Å²) in [6.07, 6.45) is -2.46. The summed E-state index contributed by atoms with van der Waals surface area (Å²) in [5.74, 6) is -1.30. The third kappa shape index (κ3) is 7.50. The molecule has 39 heavy (non-hydrogen) atoms. The van der Waals surface area contributed by atoms with Gasteiger partial charge in [0.15, 0.2) is 0 Å². The Morgan fingerprint density at radius 1 is 1.05 bits per heavy atom. The normalized spacial score (nSPS) is 17.5. The van der Waals surface area contributed by atoms with Gasteiger partial charge < -0.3 is 15.4 Å². The van der Waals surface area contributed by atoms with Crippen LogP contribution < -0.4 is 10.6 Å². The van der Waals surface area contributed by atoms with Gasteiger partial charge in [0.1, 0.15) is 5.56 Å². The van der Waals surface area contributed by atoms with E-state index in [0.717, 1.165) is 23.0 Å². The van der Waals surface area contributed by atoms with Gasteiger partial charge in [-0.15, -0.1) is 0 Å². The van der Waals surface area contributed by atoms with E-state index in [-0.39, 0.29) is 37.4 Å². The molecule has 1 amide bonds. The lowest BCUT2D eigenvalue weighted by Gasteiger charge is -2.30. The predicted molar refractivity (Wildman–Crippen MR) is 137 cm³/mol. The van der Waals surface area contributed by atoms with Crippen LogP contribution in [0.25, 0.3) is 10.9 Å². The minimum Gasteiger partial charge on any atom is -0.382 e. The molecule has 3 aromatic rings. The highest BCUT2D eigenvalue weighted by molar-refractivity contribution is 6.36. The maximum absolute atomic E-state index is 13.2. The SMILES string of the molecule is O=C(Cc1ccc2ccccc2n1)C(=O)NCCOC1CCC(Nc2ccc([N+](=O)[O-])c(C(F)(F)F)c2)CC1. The molecule has 0 aliphatic heterocycles. The van der Waals surface area contributed by atoms with E-state index in [0.29, 0.717) is 31.4 Å². The highest BCUT2D eigenvalue weighted by atomic mass is 19.4. The number of alkyl halides is 3. The number of carbonyl (C=O) groups is 2. The Bertz CT molecular complexity index is 1360. The molecular weight excluding hydrogens is 517 g/mol. The molecule has 0 unspecified atom stereocenters. The minimum atomic E-state index is -4.83. The monoisotopic (exact) mass is 544 g/mol. The van der Waals surface area contributed by atoms with Gasteiger partial charge in [-0.2, -0.15) is 13.2 Å². The van der Waals surface area contributed by atoms with Crippen molar-refractivity contribution < 1.29 is 32.4 Å². The summed E-state index contributed by atoms with van der Waals surface area (Å²) in [5, 5.41) is 17.5. The molecule has 2 aromatic carbocycles. The Labute approximate surface area is 221 Å². The molecule has 4 rings (SSSR count). The summed E-state index contributed by atoms with van der Waals surface area (Å²) in [6, 6.07) is 13.9. The lowest BCUT2D eigenvalue weighted by atomic mass is 9.92. The Morgan fingerprint density at radius 2 is 1.79 bits per heavy atom. The van der Waals surface area contributed by atoms with Crippen LogP contribution in [0.1, 0.15) is 36.9 Å². The molecule has 1 saturated carbocycles. The van der Waals surface area contributed by atoms with E-state index < -0.39 is 34.0 Å². The molecule has 1 aliphatic carbocycles. The molecule has 9 nitrogen and oxygen atoms in total. The fourth-order valence-corrected chi connectivity index (χ4v) is 4.56. The zero-order valence-corrected chi connectivity index (χ0v) is 20.9. The summed E-state index contributed by atoms with van der Waals surface area (Å²) in [5.41, 5.74) is -0.837. The number of amides is 1. The predicted octanol–water partition coefficient (Wildman–Crippen LogP) is 4.83. The van der Waals surface area contributed by atoms with Gasteiger partial charge in [0.05, 0.1) is 29.6 Å². The van der Waals surface area contributed by atoms with Gasteiger partial charge in [0.2, 0.25) is 5.78 Å². The Balaban J connectivity index is 1.16. The van der Waals surface area contributed by atoms with Crippen molar-refractivity contribution in [1.82, 2.24) is 10.3 Å². The van der Waals surface area contributed by atoms with Crippen LogP contribution >= 0.6 is 0 Å². The molecule has 206 valence electrons. The number of nitro groups is 1. The van der Waals surface area contributed by atoms with Gasteiger partial charge in [-0.25, -0.2) is 0 Å². The number of anilines is 1. The zero-order chi connectivity index (χ0) is 28.0. The number of nitrogens with one attached hydrogen (secondary N) is 2. The average molecular weight is 545 g/mol. The number of nitrogens with zero attached hydrogens (tertiary/aromatic N) is 2. The van der Waals surface area contributed by atoms with Crippen molar-refractivity contribution in [1.29, 1.82) is 0 Å². The van der Waals surface area contributed by atoms with E-state index in [1.165, 1.54) is 6.07 Å². The molecule has 0 saturated heterocycles. The van der Waals surface area contributed by atoms with Crippen LogP contribution in [0.3, 0.4) is 0 Å². The number of benzene rings is 2. The van der Waals surface area contributed by atoms with Crippen molar-refractivity contribution in [2.45, 2.75) is 50.4 Å². The number of Topliss-reactive ketones (excluding diaryl/α,β-unsaturated/α-hetero) is 1. The lowest BCUT2D eigenvalue weighted by Crippen LogP contribution is -2.36. The highest BCUT2D eigenvalue weighted by Crippen LogP contribution is 2.38. The van der Waals surface area contributed by atoms with Crippen molar-refractivity contribution >= 4 is 34.0 Å². The maximum Gasteiger partial charge on any atom is 0.423 e. The first-order valence-electron chi connectivity index (χ1n) is 12.5. The number of hydrogen-bond donors (Lipinski definition) is 2. The van der Waals surface area contributed by atoms with Crippen LogP contribution in [0.15, 0.2) is 54.6 Å². The number of pyridine rings is 1. The van der Waals surface area contributed by atoms with Gasteiger partial charge >= 0.3 is 6.18 Å². The fourth-order valence-electron chi connectivity index (χ4n) is 4.56. The fraction of sp³-hybridized carbons (Fsp3) is 0.370. The van der Waals surface area contributed by atoms with Crippen molar-refractivity contribution in [3.05, 3.63) is 76.0 Å². The summed E-state index contributed by atoms with van der Waals surface area (Å²) in [6.45, 7) is 0.379. The molecular formula is C27H27F3N4O5. The van der Waals surface area contributed by atoms with Crippen LogP contribution in [0.5, 0.6) is 0 Å². The summed E-state index contributed by atoms with van der Waals surface area (Å²) < 4.78 is 45.4. The number of aromatic nitrogens is 1. The maximum atomic E-state index is 13.2. The highest BCUT2D eigenvalue weighted by Gasteiger charge is 2.38. The smallest absolute Gasteiger partial charge is 0.382 e. The molecule has 0 spiro atoms. The van der Waals surface area contributed by atoms with Gasteiger partial charge in [0, 0.05) is 35.4 Å². The van der Waals surface area contributed by atoms with Crippen LogP contribution in [-0.4, -0.2) is 46.9 Å². The Kier molecular flexibility index (Phi) is 8.75. The van der Waals surface area contributed by atoms with E-state index in [2.05, 4.69) is 15.6 Å². The topological polar surface area (TPSA) is 123 Å². The summed E-state index contributed by atoms with van der Waals surface area (Å²) in [7, 11) is 0. The zero-order valence-electron chi connectivity index (χ0n) is 20.9. The number of fused-ring (bicyclic) bond motifs is 1. The first-order valence-corrected chi connectivity index (χ1v) is 12.5. The molecule has 1 heterocycles. The van der Waals surface area contributed by atoms with Crippen LogP contribution in [0.2, 0.25) is 0 Å². The number of ketones is 1. The number of para-hydroxylation sites is 1. The van der Waals surface area contributed by atoms with Crippen molar-refractivity contribution in [3.63, 3.8) is 0 Å². The molecule has 12 heteroatoms. The second-order valence-corrected chi connectivity index (χ2v) is 9.33. The van der Waals surface area contributed by atoms with Crippen molar-refractivity contribution in [2.24, 2.45) is 0 Å². The lowest BCUT2D eigenvalue weighted by molar-refractivity contribution is -0.388. The third-order valence-corrected chi connectivity index (χ3v) is 6.54. The number of carbonyl (C=O) groups excluding carboxylic acids is 2. The van der Waals surface area contributed by atoms with Gasteiger partial charge in [-0.1, -0.05) is 24.3 Å². The van der Waals surface area contributed by atoms with E-state index in [1.54, 1.807) is 6.07 Å². The first kappa shape index (κ1) is 28.0. The van der Waals surface area contributed by atoms with E-state index in [1.807, 2.05) is 30.3 Å². The summed E-state index contributed by atoms with van der Waals surface area (Å²) in [4.78, 5) is 38.7. The Hall–Kier alpha value is -4.06. The average Bonchev–Trinajstić information content (AvgIpc) is 2.91. The van der Waals surface area contributed by atoms with Crippen molar-refractivity contribution in [3.8, 4) is 0 Å². The molecule has 0 bridgehead atoms. The summed E-state index contributed by atoms with van der Waals surface area (Å²) >= 11 is 0. The van der Waals surface area contributed by atoms with Crippen LogP contribution in [0, 0.1) is 10.1 Å². The standard InChI is InChI=1S/C27H27F3N4O5/c28-27(29,30)22-15-19(9-12-24(22)34(37)38)32-18-7-10-21(11-8-18)39-14-13-31-26(36)25(35)16-20-6-5-17-3-1-2-4-23(17)33-20/h1-6,9,12,15,18,21,32H,7-8,10-11,13-14,16H2,(H,31,36). The van der Waals surface area contributed by atoms with Gasteiger partial charge in [0.25, 0.3) is 11.6 Å². The third-order valence-electron chi connectivity index (χ3n) is 6.54. The molecule has 1 fully saturated rings. The minimum absolute atomic E-state index is 0.0833.